The van der Waals surface area contributed by atoms with E-state index in [2.05, 4.69) is 9.98 Å². The molecule has 0 amide bonds. The first kappa shape index (κ1) is 15.6. The van der Waals surface area contributed by atoms with Crippen molar-refractivity contribution in [3.8, 4) is 0 Å². The molecule has 7 nitrogen and oxygen atoms in total. The molecule has 23 heavy (non-hydrogen) atoms. The molecule has 3 rings (SSSR count). The zero-order valence-corrected chi connectivity index (χ0v) is 13.1. The van der Waals surface area contributed by atoms with Crippen LogP contribution in [0.25, 0.3) is 0 Å². The van der Waals surface area contributed by atoms with Crippen LogP contribution in [-0.4, -0.2) is 31.4 Å². The molecular formula is C15H15ClN4O3. The minimum atomic E-state index is -1.12. The molecule has 120 valence electrons. The predicted octanol–water partition coefficient (Wildman–Crippen LogP) is 3.09. The van der Waals surface area contributed by atoms with Crippen LogP contribution in [0, 0.1) is 10.1 Å². The molecule has 0 saturated heterocycles. The number of nitrogens with zero attached hydrogens (tertiary/aromatic N) is 4. The molecule has 0 bridgehead atoms. The van der Waals surface area contributed by atoms with Crippen molar-refractivity contribution < 1.29 is 10.0 Å². The van der Waals surface area contributed by atoms with E-state index in [1.165, 1.54) is 10.8 Å². The lowest BCUT2D eigenvalue weighted by Crippen LogP contribution is -2.32. The van der Waals surface area contributed by atoms with Gasteiger partial charge < -0.3 is 15.2 Å². The van der Waals surface area contributed by atoms with Gasteiger partial charge in [-0.2, -0.15) is 0 Å². The van der Waals surface area contributed by atoms with E-state index >= 15 is 0 Å². The number of benzene rings is 1. The Hall–Kier alpha value is -2.25. The zero-order chi connectivity index (χ0) is 16.6. The first-order valence-corrected chi connectivity index (χ1v) is 7.46. The van der Waals surface area contributed by atoms with Crippen LogP contribution in [0.3, 0.4) is 0 Å². The summed E-state index contributed by atoms with van der Waals surface area (Å²) in [5, 5.41) is 21.4. The number of para-hydroxylation sites is 1. The molecule has 1 N–H and O–H groups in total. The minimum absolute atomic E-state index is 0.00140. The third kappa shape index (κ3) is 3.25. The topological polar surface area (TPSA) is 93.5 Å². The lowest BCUT2D eigenvalue weighted by Gasteiger charge is -2.26. The lowest BCUT2D eigenvalue weighted by atomic mass is 9.88. The van der Waals surface area contributed by atoms with Gasteiger partial charge in [0.15, 0.2) is 0 Å². The zero-order valence-electron chi connectivity index (χ0n) is 12.4. The highest BCUT2D eigenvalue weighted by molar-refractivity contribution is 6.28. The number of halogens is 1. The summed E-state index contributed by atoms with van der Waals surface area (Å²) in [5.41, 5.74) is 0.854. The third-order valence-corrected chi connectivity index (χ3v) is 4.10. The molecule has 0 fully saturated rings. The van der Waals surface area contributed by atoms with Crippen LogP contribution >= 0.6 is 11.6 Å². The van der Waals surface area contributed by atoms with Crippen molar-refractivity contribution in [2.45, 2.75) is 31.4 Å². The summed E-state index contributed by atoms with van der Waals surface area (Å²) in [5.74, 6) is -0.336. The maximum atomic E-state index is 10.7. The Balaban J connectivity index is 1.76. The van der Waals surface area contributed by atoms with E-state index < -0.39 is 10.5 Å². The van der Waals surface area contributed by atoms with Crippen LogP contribution in [0.15, 0.2) is 35.5 Å². The molecule has 2 heterocycles. The van der Waals surface area contributed by atoms with Gasteiger partial charge in [-0.1, -0.05) is 18.2 Å². The van der Waals surface area contributed by atoms with Gasteiger partial charge in [-0.3, -0.25) is 9.56 Å². The summed E-state index contributed by atoms with van der Waals surface area (Å²) >= 11 is 5.90. The van der Waals surface area contributed by atoms with Gasteiger partial charge in [-0.05, 0) is 46.5 Å². The van der Waals surface area contributed by atoms with E-state index in [0.717, 1.165) is 11.3 Å². The Bertz CT molecular complexity index is 785. The maximum absolute atomic E-state index is 10.7. The largest absolute Gasteiger partial charge is 0.388 e. The van der Waals surface area contributed by atoms with Crippen molar-refractivity contribution >= 4 is 29.3 Å². The fourth-order valence-electron chi connectivity index (χ4n) is 2.82. The van der Waals surface area contributed by atoms with Gasteiger partial charge >= 0.3 is 11.1 Å². The van der Waals surface area contributed by atoms with Gasteiger partial charge in [0.2, 0.25) is 0 Å². The van der Waals surface area contributed by atoms with Gasteiger partial charge in [0.25, 0.3) is 0 Å². The molecule has 2 aromatic rings. The standard InChI is InChI=1S/C15H15ClN4O3/c1-15(21,9-19-8-13(20(22)23)18-14(19)16)6-10-7-17-12-5-3-2-4-11(10)12/h2-5,7-8,10,21H,6,9H2,1H3. The van der Waals surface area contributed by atoms with Crippen molar-refractivity contribution in [3.63, 3.8) is 0 Å². The number of aliphatic imine (C=N–C) groups is 1. The number of nitro groups is 1. The highest BCUT2D eigenvalue weighted by Gasteiger charge is 2.31. The van der Waals surface area contributed by atoms with E-state index in [1.807, 2.05) is 30.5 Å². The van der Waals surface area contributed by atoms with E-state index in [1.54, 1.807) is 6.92 Å². The van der Waals surface area contributed by atoms with Crippen LogP contribution in [0.2, 0.25) is 5.28 Å². The van der Waals surface area contributed by atoms with E-state index in [9.17, 15) is 15.2 Å². The minimum Gasteiger partial charge on any atom is -0.388 e. The Morgan fingerprint density at radius 2 is 2.22 bits per heavy atom. The van der Waals surface area contributed by atoms with E-state index in [-0.39, 0.29) is 23.6 Å². The van der Waals surface area contributed by atoms with Crippen molar-refractivity contribution in [1.29, 1.82) is 0 Å². The number of rotatable bonds is 5. The third-order valence-electron chi connectivity index (χ3n) is 3.80. The second kappa shape index (κ2) is 5.75. The smallest absolute Gasteiger partial charge is 0.383 e. The van der Waals surface area contributed by atoms with E-state index in [4.69, 9.17) is 11.6 Å². The van der Waals surface area contributed by atoms with Crippen molar-refractivity contribution in [1.82, 2.24) is 9.55 Å². The number of hydrogen-bond acceptors (Lipinski definition) is 5. The Morgan fingerprint density at radius 1 is 1.48 bits per heavy atom. The maximum Gasteiger partial charge on any atom is 0.383 e. The average molecular weight is 335 g/mol. The highest BCUT2D eigenvalue weighted by Crippen LogP contribution is 2.37. The van der Waals surface area contributed by atoms with Crippen molar-refractivity contribution in [2.24, 2.45) is 4.99 Å². The Morgan fingerprint density at radius 3 is 2.91 bits per heavy atom. The van der Waals surface area contributed by atoms with Crippen LogP contribution in [-0.2, 0) is 6.54 Å². The molecule has 0 spiro atoms. The Kier molecular flexibility index (Phi) is 3.91. The average Bonchev–Trinajstić information content (AvgIpc) is 3.03. The molecule has 1 aromatic carbocycles. The molecule has 1 aliphatic heterocycles. The summed E-state index contributed by atoms with van der Waals surface area (Å²) in [6, 6.07) is 7.77. The van der Waals surface area contributed by atoms with Gasteiger partial charge in [0.05, 0.1) is 17.8 Å². The molecule has 0 aliphatic carbocycles. The van der Waals surface area contributed by atoms with Crippen LogP contribution in [0.4, 0.5) is 11.5 Å². The summed E-state index contributed by atoms with van der Waals surface area (Å²) in [4.78, 5) is 18.1. The van der Waals surface area contributed by atoms with Crippen LogP contribution < -0.4 is 0 Å². The molecule has 2 atom stereocenters. The monoisotopic (exact) mass is 334 g/mol. The normalized spacial score (nSPS) is 18.7. The van der Waals surface area contributed by atoms with Gasteiger partial charge in [0, 0.05) is 12.1 Å². The molecule has 8 heteroatoms. The van der Waals surface area contributed by atoms with Crippen LogP contribution in [0.5, 0.6) is 0 Å². The number of imidazole rings is 1. The number of fused-ring (bicyclic) bond motifs is 1. The molecule has 0 radical (unpaired) electrons. The second-order valence-electron chi connectivity index (χ2n) is 5.90. The quantitative estimate of drug-likeness (QED) is 0.671. The summed E-state index contributed by atoms with van der Waals surface area (Å²) < 4.78 is 1.39. The Labute approximate surface area is 137 Å². The molecule has 1 aliphatic rings. The van der Waals surface area contributed by atoms with Crippen LogP contribution in [0.1, 0.15) is 24.8 Å². The molecule has 1 aromatic heterocycles. The number of aliphatic hydroxyl groups is 1. The second-order valence-corrected chi connectivity index (χ2v) is 6.24. The SMILES string of the molecule is CC(O)(CC1C=Nc2ccccc21)Cn1cc([N+](=O)[O-])nc1Cl. The van der Waals surface area contributed by atoms with Gasteiger partial charge in [-0.15, -0.1) is 0 Å². The number of hydrogen-bond donors (Lipinski definition) is 1. The molecule has 2 unspecified atom stereocenters. The highest BCUT2D eigenvalue weighted by atomic mass is 35.5. The fraction of sp³-hybridized carbons (Fsp3) is 0.333. The lowest BCUT2D eigenvalue weighted by molar-refractivity contribution is -0.389. The van der Waals surface area contributed by atoms with Gasteiger partial charge in [0.1, 0.15) is 6.20 Å². The summed E-state index contributed by atoms with van der Waals surface area (Å²) in [7, 11) is 0. The van der Waals surface area contributed by atoms with Crippen molar-refractivity contribution in [2.75, 3.05) is 0 Å². The fourth-order valence-corrected chi connectivity index (χ4v) is 3.01. The molecule has 0 saturated carbocycles. The van der Waals surface area contributed by atoms with Gasteiger partial charge in [-0.25, -0.2) is 0 Å². The summed E-state index contributed by atoms with van der Waals surface area (Å²) in [6.45, 7) is 1.78. The first-order chi connectivity index (χ1) is 10.9. The van der Waals surface area contributed by atoms with Crippen molar-refractivity contribution in [3.05, 3.63) is 51.4 Å². The summed E-state index contributed by atoms with van der Waals surface area (Å²) in [6.07, 6.45) is 3.47. The molecular weight excluding hydrogens is 320 g/mol. The predicted molar refractivity (Wildman–Crippen MR) is 86.5 cm³/mol. The van der Waals surface area contributed by atoms with E-state index in [0.29, 0.717) is 6.42 Å². The number of aromatic nitrogens is 2. The first-order valence-electron chi connectivity index (χ1n) is 7.08.